The second-order valence-corrected chi connectivity index (χ2v) is 4.10. The number of benzene rings is 2. The van der Waals surface area contributed by atoms with Gasteiger partial charge in [-0.15, -0.1) is 0 Å². The predicted molar refractivity (Wildman–Crippen MR) is 72.3 cm³/mol. The van der Waals surface area contributed by atoms with E-state index in [0.29, 0.717) is 11.3 Å². The maximum atomic E-state index is 8.75. The van der Waals surface area contributed by atoms with Crippen LogP contribution in [0.5, 0.6) is 5.75 Å². The van der Waals surface area contributed by atoms with E-state index >= 15 is 0 Å². The minimum atomic E-state index is -0.458. The number of ether oxygens (including phenoxy) is 1. The molecule has 0 aromatic heterocycles. The lowest BCUT2D eigenvalue weighted by molar-refractivity contribution is 0.276. The lowest BCUT2D eigenvalue weighted by atomic mass is 10.0. The van der Waals surface area contributed by atoms with Crippen LogP contribution in [-0.4, -0.2) is 6.10 Å². The molecule has 92 valence electrons. The molecule has 19 heavy (non-hydrogen) atoms. The summed E-state index contributed by atoms with van der Waals surface area (Å²) in [7, 11) is 0. The summed E-state index contributed by atoms with van der Waals surface area (Å²) in [5, 5.41) is 17.4. The van der Waals surface area contributed by atoms with E-state index in [1.807, 2.05) is 42.5 Å². The molecule has 3 nitrogen and oxygen atoms in total. The van der Waals surface area contributed by atoms with Crippen LogP contribution in [0.15, 0.2) is 48.5 Å². The summed E-state index contributed by atoms with van der Waals surface area (Å²) >= 11 is 0. The maximum absolute atomic E-state index is 8.75. The molecule has 0 heterocycles. The highest BCUT2D eigenvalue weighted by molar-refractivity contribution is 5.64. The van der Waals surface area contributed by atoms with Crippen LogP contribution in [0.4, 0.5) is 0 Å². The maximum Gasteiger partial charge on any atom is 0.181 e. The minimum Gasteiger partial charge on any atom is -0.476 e. The van der Waals surface area contributed by atoms with E-state index in [-0.39, 0.29) is 0 Å². The Balaban J connectivity index is 2.18. The van der Waals surface area contributed by atoms with Gasteiger partial charge in [0.1, 0.15) is 11.8 Å². The van der Waals surface area contributed by atoms with Gasteiger partial charge in [-0.05, 0) is 42.3 Å². The van der Waals surface area contributed by atoms with Gasteiger partial charge in [0.05, 0.1) is 11.6 Å². The monoisotopic (exact) mass is 248 g/mol. The normalized spacial score (nSPS) is 11.1. The van der Waals surface area contributed by atoms with Crippen molar-refractivity contribution in [2.24, 2.45) is 0 Å². The van der Waals surface area contributed by atoms with Crippen molar-refractivity contribution in [2.45, 2.75) is 13.0 Å². The molecule has 0 amide bonds. The number of hydrogen-bond acceptors (Lipinski definition) is 3. The molecule has 0 radical (unpaired) electrons. The topological polar surface area (TPSA) is 56.8 Å². The van der Waals surface area contributed by atoms with Gasteiger partial charge in [-0.25, -0.2) is 0 Å². The molecule has 2 aromatic rings. The van der Waals surface area contributed by atoms with E-state index in [1.54, 1.807) is 19.1 Å². The van der Waals surface area contributed by atoms with Gasteiger partial charge in [0.15, 0.2) is 6.10 Å². The summed E-state index contributed by atoms with van der Waals surface area (Å²) in [6, 6.07) is 19.0. The Bertz CT molecular complexity index is 630. The van der Waals surface area contributed by atoms with Gasteiger partial charge >= 0.3 is 0 Å². The summed E-state index contributed by atoms with van der Waals surface area (Å²) in [6.45, 7) is 1.70. The van der Waals surface area contributed by atoms with Gasteiger partial charge in [-0.2, -0.15) is 10.5 Å². The molecule has 0 N–H and O–H groups in total. The molecule has 2 aromatic carbocycles. The fraction of sp³-hybridized carbons (Fsp3) is 0.125. The lowest BCUT2D eigenvalue weighted by Gasteiger charge is -2.08. The molecular formula is C16H12N2O. The van der Waals surface area contributed by atoms with Gasteiger partial charge in [-0.3, -0.25) is 0 Å². The van der Waals surface area contributed by atoms with Crippen molar-refractivity contribution in [1.29, 1.82) is 10.5 Å². The third-order valence-electron chi connectivity index (χ3n) is 2.70. The Hall–Kier alpha value is -2.78. The number of rotatable bonds is 3. The van der Waals surface area contributed by atoms with E-state index < -0.39 is 6.10 Å². The molecule has 0 spiro atoms. The first kappa shape index (κ1) is 12.7. The van der Waals surface area contributed by atoms with Crippen LogP contribution >= 0.6 is 0 Å². The number of nitrogens with zero attached hydrogens (tertiary/aromatic N) is 2. The highest BCUT2D eigenvalue weighted by atomic mass is 16.5. The number of nitriles is 2. The Morgan fingerprint density at radius 3 is 1.89 bits per heavy atom. The molecule has 0 saturated carbocycles. The summed E-state index contributed by atoms with van der Waals surface area (Å²) in [5.41, 5.74) is 2.73. The van der Waals surface area contributed by atoms with E-state index in [4.69, 9.17) is 15.3 Å². The third-order valence-corrected chi connectivity index (χ3v) is 2.70. The van der Waals surface area contributed by atoms with Crippen LogP contribution in [0, 0.1) is 22.7 Å². The summed E-state index contributed by atoms with van der Waals surface area (Å²) < 4.78 is 5.39. The smallest absolute Gasteiger partial charge is 0.181 e. The second kappa shape index (κ2) is 5.71. The molecule has 0 bridgehead atoms. The highest BCUT2D eigenvalue weighted by Crippen LogP contribution is 2.23. The van der Waals surface area contributed by atoms with Gasteiger partial charge in [-0.1, -0.05) is 24.3 Å². The second-order valence-electron chi connectivity index (χ2n) is 4.10. The first-order valence-corrected chi connectivity index (χ1v) is 5.90. The molecule has 0 fully saturated rings. The minimum absolute atomic E-state index is 0.458. The molecule has 0 unspecified atom stereocenters. The first-order chi connectivity index (χ1) is 9.22. The van der Waals surface area contributed by atoms with Crippen molar-refractivity contribution in [3.8, 4) is 29.0 Å². The Morgan fingerprint density at radius 2 is 1.42 bits per heavy atom. The zero-order valence-corrected chi connectivity index (χ0v) is 10.5. The van der Waals surface area contributed by atoms with Crippen molar-refractivity contribution < 1.29 is 4.74 Å². The van der Waals surface area contributed by atoms with Crippen LogP contribution in [0.3, 0.4) is 0 Å². The summed E-state index contributed by atoms with van der Waals surface area (Å²) in [4.78, 5) is 0. The lowest BCUT2D eigenvalue weighted by Crippen LogP contribution is -2.07. The van der Waals surface area contributed by atoms with Crippen LogP contribution < -0.4 is 4.74 Å². The fourth-order valence-corrected chi connectivity index (χ4v) is 1.69. The van der Waals surface area contributed by atoms with Crippen molar-refractivity contribution in [3.63, 3.8) is 0 Å². The van der Waals surface area contributed by atoms with E-state index in [1.165, 1.54) is 0 Å². The van der Waals surface area contributed by atoms with Gasteiger partial charge in [0.2, 0.25) is 0 Å². The number of hydrogen-bond donors (Lipinski definition) is 0. The SMILES string of the molecule is C[C@H](C#N)Oc1ccc(-c2ccc(C#N)cc2)cc1. The molecule has 0 aliphatic heterocycles. The van der Waals surface area contributed by atoms with Gasteiger partial charge in [0.25, 0.3) is 0 Å². The Labute approximate surface area is 112 Å². The largest absolute Gasteiger partial charge is 0.476 e. The van der Waals surface area contributed by atoms with Crippen molar-refractivity contribution >= 4 is 0 Å². The Morgan fingerprint density at radius 1 is 0.895 bits per heavy atom. The third kappa shape index (κ3) is 3.12. The average molecular weight is 248 g/mol. The molecule has 0 aliphatic rings. The standard InChI is InChI=1S/C16H12N2O/c1-12(10-17)19-16-8-6-15(7-9-16)14-4-2-13(11-18)3-5-14/h2-9,12H,1H3/t12-/m1/s1. The van der Waals surface area contributed by atoms with Crippen molar-refractivity contribution in [2.75, 3.05) is 0 Å². The van der Waals surface area contributed by atoms with E-state index in [2.05, 4.69) is 6.07 Å². The first-order valence-electron chi connectivity index (χ1n) is 5.90. The van der Waals surface area contributed by atoms with Gasteiger partial charge < -0.3 is 4.74 Å². The fourth-order valence-electron chi connectivity index (χ4n) is 1.69. The Kier molecular flexibility index (Phi) is 3.81. The quantitative estimate of drug-likeness (QED) is 0.835. The van der Waals surface area contributed by atoms with Crippen LogP contribution in [0.25, 0.3) is 11.1 Å². The predicted octanol–water partition coefficient (Wildman–Crippen LogP) is 3.52. The molecule has 2 rings (SSSR count). The summed E-state index contributed by atoms with van der Waals surface area (Å²) in [5.74, 6) is 0.673. The van der Waals surface area contributed by atoms with Crippen LogP contribution in [-0.2, 0) is 0 Å². The van der Waals surface area contributed by atoms with Gasteiger partial charge in [0, 0.05) is 0 Å². The molecule has 1 atom stereocenters. The van der Waals surface area contributed by atoms with Crippen molar-refractivity contribution in [3.05, 3.63) is 54.1 Å². The summed E-state index contributed by atoms with van der Waals surface area (Å²) in [6.07, 6.45) is -0.458. The molecular weight excluding hydrogens is 236 g/mol. The van der Waals surface area contributed by atoms with Crippen molar-refractivity contribution in [1.82, 2.24) is 0 Å². The highest BCUT2D eigenvalue weighted by Gasteiger charge is 2.02. The average Bonchev–Trinajstić information content (AvgIpc) is 2.48. The van der Waals surface area contributed by atoms with E-state index in [9.17, 15) is 0 Å². The van der Waals surface area contributed by atoms with E-state index in [0.717, 1.165) is 11.1 Å². The van der Waals surface area contributed by atoms with Crippen LogP contribution in [0.2, 0.25) is 0 Å². The molecule has 3 heteroatoms. The molecule has 0 saturated heterocycles. The zero-order chi connectivity index (χ0) is 13.7. The zero-order valence-electron chi connectivity index (χ0n) is 10.5. The van der Waals surface area contributed by atoms with Crippen LogP contribution in [0.1, 0.15) is 12.5 Å². The molecule has 0 aliphatic carbocycles.